The fourth-order valence-corrected chi connectivity index (χ4v) is 8.13. The second kappa shape index (κ2) is 10.4. The first-order valence-corrected chi connectivity index (χ1v) is 13.5. The summed E-state index contributed by atoms with van der Waals surface area (Å²) in [6, 6.07) is 0. The summed E-state index contributed by atoms with van der Waals surface area (Å²) in [7, 11) is 1.15. The fourth-order valence-electron chi connectivity index (χ4n) is 8.13. The predicted octanol–water partition coefficient (Wildman–Crippen LogP) is 4.53. The van der Waals surface area contributed by atoms with E-state index in [2.05, 4.69) is 11.7 Å². The molecule has 0 heterocycles. The minimum atomic E-state index is -1.60. The highest BCUT2D eigenvalue weighted by Crippen LogP contribution is 2.68. The van der Waals surface area contributed by atoms with Crippen LogP contribution in [-0.4, -0.2) is 61.0 Å². The average Bonchev–Trinajstić information content (AvgIpc) is 3.14. The van der Waals surface area contributed by atoms with Crippen LogP contribution in [0.1, 0.15) is 78.6 Å². The zero-order valence-corrected chi connectivity index (χ0v) is 22.4. The third-order valence-corrected chi connectivity index (χ3v) is 9.93. The summed E-state index contributed by atoms with van der Waals surface area (Å²) in [5.74, 6) is -0.339. The number of allylic oxidation sites excluding steroid dienone is 1. The second-order valence-corrected chi connectivity index (χ2v) is 11.7. The molecule has 4 aliphatic carbocycles. The molecule has 0 radical (unpaired) electrons. The molecule has 0 aromatic rings. The van der Waals surface area contributed by atoms with Crippen molar-refractivity contribution in [2.45, 2.75) is 90.3 Å². The van der Waals surface area contributed by atoms with Gasteiger partial charge in [-0.25, -0.2) is 9.59 Å². The van der Waals surface area contributed by atoms with Gasteiger partial charge in [-0.1, -0.05) is 32.8 Å². The number of aliphatic hydroxyl groups is 1. The topological polar surface area (TPSA) is 125 Å². The smallest absolute Gasteiger partial charge is 0.438 e. The average molecular weight is 521 g/mol. The number of ether oxygens (including phenoxy) is 4. The Kier molecular flexibility index (Phi) is 7.75. The summed E-state index contributed by atoms with van der Waals surface area (Å²) < 4.78 is 20.7. The lowest BCUT2D eigenvalue weighted by atomic mass is 9.45. The lowest BCUT2D eigenvalue weighted by molar-refractivity contribution is -0.187. The zero-order valence-electron chi connectivity index (χ0n) is 22.4. The molecule has 0 amide bonds. The van der Waals surface area contributed by atoms with E-state index in [4.69, 9.17) is 14.2 Å². The molecule has 3 fully saturated rings. The Morgan fingerprint density at radius 1 is 1.08 bits per heavy atom. The molecule has 9 heteroatoms. The molecule has 0 aromatic carbocycles. The molecule has 0 aliphatic heterocycles. The number of unbranched alkanes of at least 4 members (excludes halogenated alkanes) is 1. The molecular formula is C28H40O9. The minimum absolute atomic E-state index is 0.00224. The van der Waals surface area contributed by atoms with Crippen molar-refractivity contribution < 1.29 is 43.2 Å². The minimum Gasteiger partial charge on any atom is -0.438 e. The first kappa shape index (κ1) is 27.6. The summed E-state index contributed by atoms with van der Waals surface area (Å²) >= 11 is 0. The van der Waals surface area contributed by atoms with Crippen molar-refractivity contribution in [1.29, 1.82) is 0 Å². The van der Waals surface area contributed by atoms with Crippen LogP contribution in [0.5, 0.6) is 0 Å². The molecule has 206 valence electrons. The number of carbonyl (C=O) groups is 4. The van der Waals surface area contributed by atoms with Crippen LogP contribution in [0.4, 0.5) is 9.59 Å². The van der Waals surface area contributed by atoms with E-state index in [0.717, 1.165) is 31.9 Å². The molecular weight excluding hydrogens is 480 g/mol. The predicted molar refractivity (Wildman–Crippen MR) is 132 cm³/mol. The molecule has 0 spiro atoms. The Hall–Kier alpha value is -2.42. The molecule has 0 unspecified atom stereocenters. The van der Waals surface area contributed by atoms with Crippen LogP contribution in [0.2, 0.25) is 0 Å². The molecule has 37 heavy (non-hydrogen) atoms. The Morgan fingerprint density at radius 3 is 2.54 bits per heavy atom. The van der Waals surface area contributed by atoms with Crippen LogP contribution in [0.3, 0.4) is 0 Å². The second-order valence-electron chi connectivity index (χ2n) is 11.7. The van der Waals surface area contributed by atoms with Gasteiger partial charge >= 0.3 is 12.3 Å². The first-order valence-electron chi connectivity index (χ1n) is 13.5. The summed E-state index contributed by atoms with van der Waals surface area (Å²) in [6.07, 6.45) is 4.49. The van der Waals surface area contributed by atoms with E-state index in [-0.39, 0.29) is 48.4 Å². The Labute approximate surface area is 218 Å². The molecule has 3 saturated carbocycles. The maximum atomic E-state index is 13.7. The monoisotopic (exact) mass is 520 g/mol. The number of ketones is 2. The summed E-state index contributed by atoms with van der Waals surface area (Å²) in [5.41, 5.74) is -1.63. The maximum Gasteiger partial charge on any atom is 0.509 e. The van der Waals surface area contributed by atoms with Gasteiger partial charge in [0, 0.05) is 11.8 Å². The quantitative estimate of drug-likeness (QED) is 0.380. The largest absolute Gasteiger partial charge is 0.509 e. The van der Waals surface area contributed by atoms with Crippen LogP contribution in [0.25, 0.3) is 0 Å². The van der Waals surface area contributed by atoms with E-state index in [9.17, 15) is 24.3 Å². The van der Waals surface area contributed by atoms with E-state index in [1.165, 1.54) is 0 Å². The van der Waals surface area contributed by atoms with E-state index >= 15 is 0 Å². The van der Waals surface area contributed by atoms with Crippen LogP contribution in [0, 0.1) is 28.6 Å². The maximum absolute atomic E-state index is 13.7. The number of fused-ring (bicyclic) bond motifs is 5. The van der Waals surface area contributed by atoms with Gasteiger partial charge in [0.25, 0.3) is 0 Å². The highest BCUT2D eigenvalue weighted by Gasteiger charge is 2.70. The van der Waals surface area contributed by atoms with E-state index in [1.807, 2.05) is 13.8 Å². The third-order valence-electron chi connectivity index (χ3n) is 9.93. The molecule has 0 saturated heterocycles. The van der Waals surface area contributed by atoms with E-state index < -0.39 is 41.8 Å². The van der Waals surface area contributed by atoms with Gasteiger partial charge in [0.05, 0.1) is 19.8 Å². The van der Waals surface area contributed by atoms with Crippen molar-refractivity contribution in [3.05, 3.63) is 11.6 Å². The van der Waals surface area contributed by atoms with Crippen molar-refractivity contribution in [3.8, 4) is 0 Å². The molecule has 0 bridgehead atoms. The SMILES string of the molecule is CCCCOC(=O)O[C@]1(C(=O)COC(=O)OC)CC[C@H]2[C@@H]3CCC4=CC(=O)CC[C@]4(C)[C@H]3[C@@H](O)C[C@@]21C. The van der Waals surface area contributed by atoms with Gasteiger partial charge in [-0.3, -0.25) is 9.59 Å². The Balaban J connectivity index is 1.67. The van der Waals surface area contributed by atoms with Crippen molar-refractivity contribution in [3.63, 3.8) is 0 Å². The van der Waals surface area contributed by atoms with Gasteiger partial charge in [-0.15, -0.1) is 0 Å². The number of hydrogen-bond acceptors (Lipinski definition) is 9. The highest BCUT2D eigenvalue weighted by molar-refractivity contribution is 5.93. The summed E-state index contributed by atoms with van der Waals surface area (Å²) in [6.45, 7) is 5.62. The van der Waals surface area contributed by atoms with Gasteiger partial charge < -0.3 is 24.1 Å². The van der Waals surface area contributed by atoms with Gasteiger partial charge in [0.1, 0.15) is 0 Å². The van der Waals surface area contributed by atoms with Crippen LogP contribution in [0.15, 0.2) is 11.6 Å². The van der Waals surface area contributed by atoms with Gasteiger partial charge in [0.2, 0.25) is 5.78 Å². The van der Waals surface area contributed by atoms with Gasteiger partial charge in [-0.2, -0.15) is 0 Å². The van der Waals surface area contributed by atoms with Crippen molar-refractivity contribution >= 4 is 23.9 Å². The molecule has 1 N–H and O–H groups in total. The number of methoxy groups -OCH3 is 1. The normalized spacial score (nSPS) is 38.4. The van der Waals surface area contributed by atoms with E-state index in [0.29, 0.717) is 25.7 Å². The highest BCUT2D eigenvalue weighted by atomic mass is 16.7. The third kappa shape index (κ3) is 4.57. The van der Waals surface area contributed by atoms with Crippen molar-refractivity contribution in [1.82, 2.24) is 0 Å². The number of hydrogen-bond donors (Lipinski definition) is 1. The molecule has 4 aliphatic rings. The zero-order chi connectivity index (χ0) is 27.0. The van der Waals surface area contributed by atoms with Crippen LogP contribution in [-0.2, 0) is 28.5 Å². The van der Waals surface area contributed by atoms with Crippen LogP contribution >= 0.6 is 0 Å². The lowest BCUT2D eigenvalue weighted by Gasteiger charge is -2.60. The summed E-state index contributed by atoms with van der Waals surface area (Å²) in [5, 5.41) is 11.7. The number of Topliss-reactive ketones (excluding diaryl/α,β-unsaturated/α-hetero) is 1. The van der Waals surface area contributed by atoms with Gasteiger partial charge in [0.15, 0.2) is 18.0 Å². The number of carbonyl (C=O) groups excluding carboxylic acids is 4. The van der Waals surface area contributed by atoms with E-state index in [1.54, 1.807) is 6.08 Å². The Bertz CT molecular complexity index is 973. The molecule has 0 aromatic heterocycles. The summed E-state index contributed by atoms with van der Waals surface area (Å²) in [4.78, 5) is 50.3. The fraction of sp³-hybridized carbons (Fsp3) is 0.786. The Morgan fingerprint density at radius 2 is 1.84 bits per heavy atom. The standard InChI is InChI=1S/C28H40O9/c1-5-6-13-35-25(33)37-28(22(31)16-36-24(32)34-4)12-10-20-19-8-7-17-14-18(29)9-11-26(17,2)23(19)21(30)15-27(20,28)3/h14,19-21,23,30H,5-13,15-16H2,1-4H3/t19-,20-,21-,23+,26-,27-,28-/m0/s1. The molecule has 7 atom stereocenters. The molecule has 9 nitrogen and oxygen atoms in total. The number of aliphatic hydroxyl groups excluding tert-OH is 1. The van der Waals surface area contributed by atoms with Crippen LogP contribution < -0.4 is 0 Å². The van der Waals surface area contributed by atoms with Gasteiger partial charge in [-0.05, 0) is 74.2 Å². The molecule has 4 rings (SSSR count). The van der Waals surface area contributed by atoms with Crippen molar-refractivity contribution in [2.24, 2.45) is 28.6 Å². The van der Waals surface area contributed by atoms with Crippen molar-refractivity contribution in [2.75, 3.05) is 20.3 Å². The lowest BCUT2D eigenvalue weighted by Crippen LogP contribution is -2.63. The number of rotatable bonds is 7. The first-order chi connectivity index (χ1) is 17.5.